The van der Waals surface area contributed by atoms with E-state index in [0.29, 0.717) is 18.1 Å². The average molecular weight is 440 g/mol. The number of aryl methyl sites for hydroxylation is 1. The zero-order valence-electron chi connectivity index (χ0n) is 17.5. The monoisotopic (exact) mass is 439 g/mol. The number of fused-ring (bicyclic) bond motifs is 2. The predicted molar refractivity (Wildman–Crippen MR) is 127 cm³/mol. The van der Waals surface area contributed by atoms with Crippen LogP contribution in [0.1, 0.15) is 16.7 Å². The molecule has 5 nitrogen and oxygen atoms in total. The van der Waals surface area contributed by atoms with E-state index in [0.717, 1.165) is 38.7 Å². The van der Waals surface area contributed by atoms with Crippen LogP contribution in [0, 0.1) is 6.92 Å². The first-order valence-corrected chi connectivity index (χ1v) is 11.4. The van der Waals surface area contributed by atoms with E-state index in [4.69, 9.17) is 14.7 Å². The van der Waals surface area contributed by atoms with Crippen molar-refractivity contribution in [2.45, 2.75) is 18.4 Å². The third-order valence-electron chi connectivity index (χ3n) is 5.22. The number of para-hydroxylation sites is 2. The van der Waals surface area contributed by atoms with Crippen molar-refractivity contribution in [3.63, 3.8) is 0 Å². The molecular weight excluding hydrogens is 418 g/mol. The Bertz CT molecular complexity index is 1280. The van der Waals surface area contributed by atoms with Gasteiger partial charge >= 0.3 is 0 Å². The summed E-state index contributed by atoms with van der Waals surface area (Å²) >= 11 is 1.41. The summed E-state index contributed by atoms with van der Waals surface area (Å²) in [7, 11) is 0. The molecule has 2 heterocycles. The summed E-state index contributed by atoms with van der Waals surface area (Å²) in [4.78, 5) is 22.1. The maximum absolute atomic E-state index is 12.5. The van der Waals surface area contributed by atoms with E-state index < -0.39 is 0 Å². The number of carbonyl (C=O) groups excluding carboxylic acids is 1. The summed E-state index contributed by atoms with van der Waals surface area (Å²) in [6, 6.07) is 25.4. The topological polar surface area (TPSA) is 64.1 Å². The Morgan fingerprint density at radius 3 is 2.50 bits per heavy atom. The molecule has 0 spiro atoms. The number of carbonyl (C=O) groups is 1. The quantitative estimate of drug-likeness (QED) is 0.274. The van der Waals surface area contributed by atoms with E-state index in [9.17, 15) is 4.79 Å². The summed E-state index contributed by atoms with van der Waals surface area (Å²) in [5, 5.41) is 3.70. The lowest BCUT2D eigenvalue weighted by Gasteiger charge is -2.23. The number of amides is 1. The molecule has 0 fully saturated rings. The van der Waals surface area contributed by atoms with Crippen molar-refractivity contribution in [2.75, 3.05) is 11.1 Å². The molecule has 0 radical (unpaired) electrons. The Labute approximate surface area is 190 Å². The second-order valence-corrected chi connectivity index (χ2v) is 8.51. The number of hydrogen-bond donors (Lipinski definition) is 1. The molecule has 0 aliphatic carbocycles. The summed E-state index contributed by atoms with van der Waals surface area (Å²) in [6.45, 7) is 2.03. The van der Waals surface area contributed by atoms with E-state index in [1.54, 1.807) is 0 Å². The van der Waals surface area contributed by atoms with Crippen molar-refractivity contribution in [1.29, 1.82) is 0 Å². The number of nitrogens with zero attached hydrogens (tertiary/aromatic N) is 2. The highest BCUT2D eigenvalue weighted by molar-refractivity contribution is 8.00. The lowest BCUT2D eigenvalue weighted by molar-refractivity contribution is -0.113. The number of anilines is 1. The van der Waals surface area contributed by atoms with Gasteiger partial charge < -0.3 is 10.1 Å². The highest BCUT2D eigenvalue weighted by Crippen LogP contribution is 2.41. The standard InChI is InChI=1S/C26H21N3O2S/c1-17-9-8-12-19-15-21-25(31-23(17)19)28-24(18-10-4-2-5-11-18)29-26(21)32-16-22(30)27-20-13-6-3-7-14-20/h2-14H,15-16H2,1H3,(H,27,30). The van der Waals surface area contributed by atoms with Crippen LogP contribution in [0.3, 0.4) is 0 Å². The van der Waals surface area contributed by atoms with Crippen molar-refractivity contribution in [3.05, 3.63) is 95.6 Å². The molecule has 0 saturated carbocycles. The van der Waals surface area contributed by atoms with Crippen LogP contribution in [0.5, 0.6) is 11.6 Å². The minimum Gasteiger partial charge on any atom is -0.438 e. The van der Waals surface area contributed by atoms with Crippen LogP contribution in [-0.2, 0) is 11.2 Å². The van der Waals surface area contributed by atoms with Gasteiger partial charge in [0.2, 0.25) is 11.8 Å². The fourth-order valence-corrected chi connectivity index (χ4v) is 4.48. The lowest BCUT2D eigenvalue weighted by Crippen LogP contribution is -2.15. The zero-order chi connectivity index (χ0) is 21.9. The van der Waals surface area contributed by atoms with Gasteiger partial charge in [-0.15, -0.1) is 0 Å². The number of aromatic nitrogens is 2. The van der Waals surface area contributed by atoms with Crippen LogP contribution < -0.4 is 10.1 Å². The lowest BCUT2D eigenvalue weighted by atomic mass is 10.0. The van der Waals surface area contributed by atoms with Gasteiger partial charge in [0.05, 0.1) is 11.3 Å². The van der Waals surface area contributed by atoms with Crippen LogP contribution in [-0.4, -0.2) is 21.6 Å². The first-order chi connectivity index (χ1) is 15.7. The molecule has 1 N–H and O–H groups in total. The fraction of sp³-hybridized carbons (Fsp3) is 0.115. The van der Waals surface area contributed by atoms with Crippen LogP contribution in [0.2, 0.25) is 0 Å². The summed E-state index contributed by atoms with van der Waals surface area (Å²) in [5.41, 5.74) is 4.78. The van der Waals surface area contributed by atoms with Crippen molar-refractivity contribution in [3.8, 4) is 23.0 Å². The maximum Gasteiger partial charge on any atom is 0.234 e. The van der Waals surface area contributed by atoms with E-state index >= 15 is 0 Å². The van der Waals surface area contributed by atoms with Gasteiger partial charge in [-0.3, -0.25) is 4.79 Å². The molecular formula is C26H21N3O2S. The fourth-order valence-electron chi connectivity index (χ4n) is 3.65. The highest BCUT2D eigenvalue weighted by atomic mass is 32.2. The number of rotatable bonds is 5. The molecule has 1 aromatic heterocycles. The first kappa shape index (κ1) is 20.3. The molecule has 0 atom stereocenters. The summed E-state index contributed by atoms with van der Waals surface area (Å²) < 4.78 is 6.25. The maximum atomic E-state index is 12.5. The Morgan fingerprint density at radius 2 is 1.72 bits per heavy atom. The first-order valence-electron chi connectivity index (χ1n) is 10.4. The molecule has 3 aromatic carbocycles. The molecule has 32 heavy (non-hydrogen) atoms. The van der Waals surface area contributed by atoms with Gasteiger partial charge in [-0.25, -0.2) is 4.98 Å². The third kappa shape index (κ3) is 4.22. The van der Waals surface area contributed by atoms with E-state index in [2.05, 4.69) is 11.4 Å². The van der Waals surface area contributed by atoms with Gasteiger partial charge in [0.15, 0.2) is 5.82 Å². The van der Waals surface area contributed by atoms with E-state index in [-0.39, 0.29) is 11.7 Å². The highest BCUT2D eigenvalue weighted by Gasteiger charge is 2.25. The van der Waals surface area contributed by atoms with Gasteiger partial charge in [-0.1, -0.05) is 78.5 Å². The van der Waals surface area contributed by atoms with Gasteiger partial charge in [0, 0.05) is 17.7 Å². The van der Waals surface area contributed by atoms with Crippen LogP contribution in [0.25, 0.3) is 11.4 Å². The van der Waals surface area contributed by atoms with E-state index in [1.165, 1.54) is 11.8 Å². The molecule has 158 valence electrons. The van der Waals surface area contributed by atoms with Crippen molar-refractivity contribution in [1.82, 2.24) is 9.97 Å². The van der Waals surface area contributed by atoms with Gasteiger partial charge in [-0.05, 0) is 30.2 Å². The molecule has 0 bridgehead atoms. The number of hydrogen-bond acceptors (Lipinski definition) is 5. The normalized spacial score (nSPS) is 11.8. The van der Waals surface area contributed by atoms with Crippen LogP contribution >= 0.6 is 11.8 Å². The number of ether oxygens (including phenoxy) is 1. The molecule has 0 saturated heterocycles. The van der Waals surface area contributed by atoms with Crippen molar-refractivity contribution < 1.29 is 9.53 Å². The van der Waals surface area contributed by atoms with Crippen molar-refractivity contribution in [2.24, 2.45) is 0 Å². The predicted octanol–water partition coefficient (Wildman–Crippen LogP) is 5.88. The average Bonchev–Trinajstić information content (AvgIpc) is 2.83. The van der Waals surface area contributed by atoms with Crippen molar-refractivity contribution >= 4 is 23.4 Å². The Hall–Kier alpha value is -3.64. The van der Waals surface area contributed by atoms with Crippen LogP contribution in [0.4, 0.5) is 5.69 Å². The SMILES string of the molecule is Cc1cccc2c1Oc1nc(-c3ccccc3)nc(SCC(=O)Nc3ccccc3)c1C2. The summed E-state index contributed by atoms with van der Waals surface area (Å²) in [6.07, 6.45) is 0.671. The Kier molecular flexibility index (Phi) is 5.60. The third-order valence-corrected chi connectivity index (χ3v) is 6.24. The Balaban J connectivity index is 1.46. The van der Waals surface area contributed by atoms with Gasteiger partial charge in [-0.2, -0.15) is 4.98 Å². The zero-order valence-corrected chi connectivity index (χ0v) is 18.4. The number of thioether (sulfide) groups is 1. The Morgan fingerprint density at radius 1 is 0.969 bits per heavy atom. The largest absolute Gasteiger partial charge is 0.438 e. The number of benzene rings is 3. The molecule has 4 aromatic rings. The molecule has 1 aliphatic rings. The smallest absolute Gasteiger partial charge is 0.234 e. The molecule has 5 rings (SSSR count). The minimum absolute atomic E-state index is 0.0807. The molecule has 1 amide bonds. The van der Waals surface area contributed by atoms with Crippen LogP contribution in [0.15, 0.2) is 83.9 Å². The second-order valence-electron chi connectivity index (χ2n) is 7.55. The molecule has 1 aliphatic heterocycles. The second kappa shape index (κ2) is 8.85. The molecule has 6 heteroatoms. The van der Waals surface area contributed by atoms with Gasteiger partial charge in [0.1, 0.15) is 10.8 Å². The van der Waals surface area contributed by atoms with Gasteiger partial charge in [0.25, 0.3) is 0 Å². The minimum atomic E-state index is -0.0807. The van der Waals surface area contributed by atoms with E-state index in [1.807, 2.05) is 79.7 Å². The summed E-state index contributed by atoms with van der Waals surface area (Å²) in [5.74, 6) is 2.17. The number of nitrogens with one attached hydrogen (secondary N) is 1. The molecule has 0 unspecified atom stereocenters.